The molecule has 0 fully saturated rings. The van der Waals surface area contributed by atoms with E-state index in [1.165, 1.54) is 0 Å². The number of hydrogen-bond donors (Lipinski definition) is 3. The first kappa shape index (κ1) is 19.7. The summed E-state index contributed by atoms with van der Waals surface area (Å²) in [5.41, 5.74) is 4.78. The predicted molar refractivity (Wildman–Crippen MR) is 117 cm³/mol. The van der Waals surface area contributed by atoms with Gasteiger partial charge in [-0.05, 0) is 30.3 Å². The number of nitrogens with one attached hydrogen (secondary N) is 3. The minimum atomic E-state index is -0.335. The van der Waals surface area contributed by atoms with E-state index in [-0.39, 0.29) is 18.2 Å². The number of amides is 2. The molecule has 2 heterocycles. The molecule has 3 N–H and O–H groups in total. The molecule has 2 aromatic heterocycles. The highest BCUT2D eigenvalue weighted by Gasteiger charge is 2.12. The summed E-state index contributed by atoms with van der Waals surface area (Å²) < 4.78 is 0. The zero-order valence-corrected chi connectivity index (χ0v) is 17.0. The van der Waals surface area contributed by atoms with Crippen molar-refractivity contribution in [2.75, 3.05) is 5.32 Å². The van der Waals surface area contributed by atoms with Gasteiger partial charge in [-0.3, -0.25) is 14.9 Å². The first-order chi connectivity index (χ1) is 14.6. The summed E-state index contributed by atoms with van der Waals surface area (Å²) in [5.74, 6) is -0.667. The SMILES string of the molecule is O=C(Cc1nnc(NC(=O)c2ccc(Cl)cc2)s1)N/N=C\c1c[nH]c2ccccc12. The maximum Gasteiger partial charge on any atom is 0.257 e. The van der Waals surface area contributed by atoms with E-state index in [1.807, 2.05) is 30.5 Å². The van der Waals surface area contributed by atoms with Crippen LogP contribution in [0.2, 0.25) is 5.02 Å². The number of aromatic nitrogens is 3. The van der Waals surface area contributed by atoms with Crippen molar-refractivity contribution in [2.45, 2.75) is 6.42 Å². The van der Waals surface area contributed by atoms with Gasteiger partial charge in [0.1, 0.15) is 5.01 Å². The summed E-state index contributed by atoms with van der Waals surface area (Å²) in [5, 5.41) is 16.8. The second-order valence-corrected chi connectivity index (χ2v) is 7.72. The normalized spacial score (nSPS) is 11.1. The Morgan fingerprint density at radius 3 is 2.77 bits per heavy atom. The first-order valence-electron chi connectivity index (χ1n) is 8.86. The molecule has 150 valence electrons. The van der Waals surface area contributed by atoms with Crippen molar-refractivity contribution < 1.29 is 9.59 Å². The van der Waals surface area contributed by atoms with Gasteiger partial charge < -0.3 is 4.98 Å². The lowest BCUT2D eigenvalue weighted by atomic mass is 10.2. The van der Waals surface area contributed by atoms with Crippen LogP contribution in [0.5, 0.6) is 0 Å². The van der Waals surface area contributed by atoms with Crippen LogP contribution in [-0.2, 0) is 11.2 Å². The maximum absolute atomic E-state index is 12.2. The van der Waals surface area contributed by atoms with Gasteiger partial charge in [-0.2, -0.15) is 5.10 Å². The third kappa shape index (κ3) is 4.70. The zero-order valence-electron chi connectivity index (χ0n) is 15.4. The fraction of sp³-hybridized carbons (Fsp3) is 0.0500. The largest absolute Gasteiger partial charge is 0.361 e. The van der Waals surface area contributed by atoms with Crippen molar-refractivity contribution >= 4 is 57.0 Å². The van der Waals surface area contributed by atoms with Crippen molar-refractivity contribution in [1.82, 2.24) is 20.6 Å². The van der Waals surface area contributed by atoms with E-state index in [4.69, 9.17) is 11.6 Å². The molecule has 8 nitrogen and oxygen atoms in total. The van der Waals surface area contributed by atoms with Crippen molar-refractivity contribution in [2.24, 2.45) is 5.10 Å². The van der Waals surface area contributed by atoms with Gasteiger partial charge in [0.25, 0.3) is 5.91 Å². The van der Waals surface area contributed by atoms with Crippen LogP contribution in [0.25, 0.3) is 10.9 Å². The molecule has 0 bridgehead atoms. The maximum atomic E-state index is 12.2. The molecule has 30 heavy (non-hydrogen) atoms. The number of anilines is 1. The minimum absolute atomic E-state index is 0.000291. The van der Waals surface area contributed by atoms with Crippen LogP contribution in [0.1, 0.15) is 20.9 Å². The fourth-order valence-corrected chi connectivity index (χ4v) is 3.56. The van der Waals surface area contributed by atoms with E-state index in [9.17, 15) is 9.59 Å². The van der Waals surface area contributed by atoms with E-state index in [1.54, 1.807) is 30.5 Å². The molecule has 0 saturated heterocycles. The molecule has 0 aliphatic rings. The number of nitrogens with zero attached hydrogens (tertiary/aromatic N) is 3. The number of fused-ring (bicyclic) bond motifs is 1. The minimum Gasteiger partial charge on any atom is -0.361 e. The number of carbonyl (C=O) groups excluding carboxylic acids is 2. The zero-order chi connectivity index (χ0) is 20.9. The third-order valence-corrected chi connectivity index (χ3v) is 5.21. The van der Waals surface area contributed by atoms with Gasteiger partial charge in [-0.15, -0.1) is 10.2 Å². The van der Waals surface area contributed by atoms with Crippen LogP contribution in [0.15, 0.2) is 59.8 Å². The Balaban J connectivity index is 1.31. The highest BCUT2D eigenvalue weighted by Crippen LogP contribution is 2.18. The van der Waals surface area contributed by atoms with E-state index in [2.05, 4.69) is 31.0 Å². The van der Waals surface area contributed by atoms with Crippen molar-refractivity contribution in [3.05, 3.63) is 75.9 Å². The molecule has 0 aliphatic carbocycles. The number of rotatable bonds is 6. The van der Waals surface area contributed by atoms with Gasteiger partial charge in [-0.25, -0.2) is 5.43 Å². The number of para-hydroxylation sites is 1. The number of benzene rings is 2. The quantitative estimate of drug-likeness (QED) is 0.315. The van der Waals surface area contributed by atoms with Crippen LogP contribution < -0.4 is 10.7 Å². The Labute approximate surface area is 180 Å². The molecule has 0 unspecified atom stereocenters. The highest BCUT2D eigenvalue weighted by molar-refractivity contribution is 7.15. The molecule has 0 aliphatic heterocycles. The molecule has 10 heteroatoms. The predicted octanol–water partition coefficient (Wildman–Crippen LogP) is 3.62. The van der Waals surface area contributed by atoms with Crippen LogP contribution in [0.4, 0.5) is 5.13 Å². The van der Waals surface area contributed by atoms with Crippen LogP contribution >= 0.6 is 22.9 Å². The summed E-state index contributed by atoms with van der Waals surface area (Å²) >= 11 is 6.94. The Morgan fingerprint density at radius 1 is 1.13 bits per heavy atom. The Hall–Kier alpha value is -3.56. The van der Waals surface area contributed by atoms with Crippen molar-refractivity contribution in [3.8, 4) is 0 Å². The summed E-state index contributed by atoms with van der Waals surface area (Å²) in [6.07, 6.45) is 3.40. The van der Waals surface area contributed by atoms with Crippen LogP contribution in [-0.4, -0.2) is 33.2 Å². The average Bonchev–Trinajstić information content (AvgIpc) is 3.35. The van der Waals surface area contributed by atoms with Gasteiger partial charge in [0.2, 0.25) is 11.0 Å². The van der Waals surface area contributed by atoms with E-state index >= 15 is 0 Å². The number of carbonyl (C=O) groups is 2. The number of hydrazone groups is 1. The molecule has 2 amide bonds. The van der Waals surface area contributed by atoms with E-state index in [0.29, 0.717) is 20.7 Å². The Kier molecular flexibility index (Phi) is 5.82. The molecule has 0 radical (unpaired) electrons. The average molecular weight is 439 g/mol. The van der Waals surface area contributed by atoms with E-state index in [0.717, 1.165) is 27.8 Å². The number of H-pyrrole nitrogens is 1. The summed E-state index contributed by atoms with van der Waals surface area (Å²) in [4.78, 5) is 27.4. The molecular weight excluding hydrogens is 424 g/mol. The van der Waals surface area contributed by atoms with Gasteiger partial charge in [0, 0.05) is 33.2 Å². The van der Waals surface area contributed by atoms with E-state index < -0.39 is 0 Å². The first-order valence-corrected chi connectivity index (χ1v) is 10.1. The molecule has 4 rings (SSSR count). The topological polar surface area (TPSA) is 112 Å². The molecule has 2 aromatic carbocycles. The molecule has 0 atom stereocenters. The Morgan fingerprint density at radius 2 is 1.93 bits per heavy atom. The van der Waals surface area contributed by atoms with Gasteiger partial charge in [0.05, 0.1) is 12.6 Å². The van der Waals surface area contributed by atoms with Crippen molar-refractivity contribution in [3.63, 3.8) is 0 Å². The lowest BCUT2D eigenvalue weighted by Gasteiger charge is -2.00. The summed E-state index contributed by atoms with van der Waals surface area (Å²) in [7, 11) is 0. The molecular formula is C20H15ClN6O2S. The number of aromatic amines is 1. The molecule has 0 spiro atoms. The second kappa shape index (κ2) is 8.85. The summed E-state index contributed by atoms with van der Waals surface area (Å²) in [6.45, 7) is 0. The van der Waals surface area contributed by atoms with Gasteiger partial charge in [0.15, 0.2) is 0 Å². The van der Waals surface area contributed by atoms with Gasteiger partial charge in [-0.1, -0.05) is 41.1 Å². The van der Waals surface area contributed by atoms with Crippen LogP contribution in [0.3, 0.4) is 0 Å². The van der Waals surface area contributed by atoms with Crippen LogP contribution in [0, 0.1) is 0 Å². The monoisotopic (exact) mass is 438 g/mol. The summed E-state index contributed by atoms with van der Waals surface area (Å²) in [6, 6.07) is 14.3. The second-order valence-electron chi connectivity index (χ2n) is 6.22. The molecule has 4 aromatic rings. The van der Waals surface area contributed by atoms with Crippen molar-refractivity contribution in [1.29, 1.82) is 0 Å². The highest BCUT2D eigenvalue weighted by atomic mass is 35.5. The smallest absolute Gasteiger partial charge is 0.257 e. The standard InChI is InChI=1S/C20H15ClN6O2S/c21-14-7-5-12(6-8-14)19(29)24-20-27-26-18(30-20)9-17(28)25-23-11-13-10-22-16-4-2-1-3-15(13)16/h1-8,10-11,22H,9H2,(H,25,28)(H,24,27,29)/b23-11-. The third-order valence-electron chi connectivity index (χ3n) is 4.12. The number of halogens is 1. The lowest BCUT2D eigenvalue weighted by Crippen LogP contribution is -2.19. The molecule has 0 saturated carbocycles. The lowest BCUT2D eigenvalue weighted by molar-refractivity contribution is -0.120. The number of hydrogen-bond acceptors (Lipinski definition) is 6. The van der Waals surface area contributed by atoms with Gasteiger partial charge >= 0.3 is 0 Å². The Bertz CT molecular complexity index is 1230. The fourth-order valence-electron chi connectivity index (χ4n) is 2.70.